The zero-order chi connectivity index (χ0) is 19.6. The van der Waals surface area contributed by atoms with Gasteiger partial charge in [-0.3, -0.25) is 0 Å². The molecule has 0 spiro atoms. The van der Waals surface area contributed by atoms with Crippen LogP contribution in [0, 0.1) is 11.8 Å². The third kappa shape index (κ3) is 3.66. The Balaban J connectivity index is 1.83. The Labute approximate surface area is 157 Å². The summed E-state index contributed by atoms with van der Waals surface area (Å²) in [6, 6.07) is 9.64. The summed E-state index contributed by atoms with van der Waals surface area (Å²) in [5.74, 6) is -0.167. The fraction of sp³-hybridized carbons (Fsp3) is 0.400. The van der Waals surface area contributed by atoms with Crippen molar-refractivity contribution in [3.8, 4) is 23.0 Å². The number of hydrogen-bond acceptors (Lipinski definition) is 7. The summed E-state index contributed by atoms with van der Waals surface area (Å²) < 4.78 is 15.9. The van der Waals surface area contributed by atoms with E-state index in [4.69, 9.17) is 14.2 Å². The van der Waals surface area contributed by atoms with E-state index in [1.807, 2.05) is 0 Å². The zero-order valence-electron chi connectivity index (χ0n) is 15.2. The van der Waals surface area contributed by atoms with Gasteiger partial charge >= 0.3 is 0 Å². The Morgan fingerprint density at radius 2 is 1.67 bits per heavy atom. The Hall–Kier alpha value is -2.48. The van der Waals surface area contributed by atoms with Crippen LogP contribution in [0.15, 0.2) is 36.4 Å². The van der Waals surface area contributed by atoms with Crippen molar-refractivity contribution in [3.63, 3.8) is 0 Å². The Morgan fingerprint density at radius 3 is 2.22 bits per heavy atom. The third-order valence-electron chi connectivity index (χ3n) is 5.10. The van der Waals surface area contributed by atoms with Crippen molar-refractivity contribution in [2.24, 2.45) is 11.8 Å². The molecular weight excluding hydrogens is 352 g/mol. The van der Waals surface area contributed by atoms with E-state index in [0.717, 1.165) is 0 Å². The van der Waals surface area contributed by atoms with E-state index in [0.29, 0.717) is 22.6 Å². The van der Waals surface area contributed by atoms with Crippen molar-refractivity contribution >= 4 is 0 Å². The molecule has 1 fully saturated rings. The van der Waals surface area contributed by atoms with Crippen LogP contribution in [-0.2, 0) is 4.74 Å². The highest BCUT2D eigenvalue weighted by Gasteiger charge is 2.42. The monoisotopic (exact) mass is 376 g/mol. The minimum atomic E-state index is -0.934. The Kier molecular flexibility index (Phi) is 5.74. The van der Waals surface area contributed by atoms with Crippen molar-refractivity contribution in [1.82, 2.24) is 0 Å². The molecule has 2 aromatic carbocycles. The van der Waals surface area contributed by atoms with E-state index in [1.165, 1.54) is 20.3 Å². The van der Waals surface area contributed by atoms with Crippen LogP contribution in [-0.4, -0.2) is 47.9 Å². The first-order valence-electron chi connectivity index (χ1n) is 8.64. The number of aliphatic hydroxyl groups excluding tert-OH is 2. The van der Waals surface area contributed by atoms with Crippen molar-refractivity contribution < 1.29 is 34.6 Å². The highest BCUT2D eigenvalue weighted by Crippen LogP contribution is 2.45. The topological polar surface area (TPSA) is 109 Å². The average molecular weight is 376 g/mol. The summed E-state index contributed by atoms with van der Waals surface area (Å²) in [6.07, 6.45) is -1.41. The molecule has 0 bridgehead atoms. The average Bonchev–Trinajstić information content (AvgIpc) is 3.11. The van der Waals surface area contributed by atoms with Crippen molar-refractivity contribution in [2.75, 3.05) is 27.4 Å². The van der Waals surface area contributed by atoms with Gasteiger partial charge in [-0.15, -0.1) is 0 Å². The number of ether oxygens (including phenoxy) is 3. The van der Waals surface area contributed by atoms with Gasteiger partial charge in [0.25, 0.3) is 0 Å². The van der Waals surface area contributed by atoms with Gasteiger partial charge in [-0.25, -0.2) is 0 Å². The molecule has 146 valence electrons. The molecule has 3 rings (SSSR count). The zero-order valence-corrected chi connectivity index (χ0v) is 15.2. The van der Waals surface area contributed by atoms with Crippen LogP contribution < -0.4 is 9.47 Å². The van der Waals surface area contributed by atoms with Gasteiger partial charge in [0, 0.05) is 18.4 Å². The molecule has 7 heteroatoms. The molecule has 0 aromatic heterocycles. The molecule has 7 nitrogen and oxygen atoms in total. The molecule has 0 amide bonds. The largest absolute Gasteiger partial charge is 0.504 e. The van der Waals surface area contributed by atoms with E-state index in [1.54, 1.807) is 30.3 Å². The fourth-order valence-electron chi connectivity index (χ4n) is 3.61. The number of phenolic OH excluding ortho intramolecular Hbond substituents is 2. The lowest BCUT2D eigenvalue weighted by molar-refractivity contribution is 0.0632. The summed E-state index contributed by atoms with van der Waals surface area (Å²) in [7, 11) is 2.92. The van der Waals surface area contributed by atoms with Crippen LogP contribution in [0.5, 0.6) is 23.0 Å². The molecular formula is C20H24O7. The minimum Gasteiger partial charge on any atom is -0.504 e. The number of aliphatic hydroxyl groups is 2. The van der Waals surface area contributed by atoms with Gasteiger partial charge < -0.3 is 34.6 Å². The first-order chi connectivity index (χ1) is 13.0. The lowest BCUT2D eigenvalue weighted by Crippen LogP contribution is -2.25. The second-order valence-electron chi connectivity index (χ2n) is 6.57. The van der Waals surface area contributed by atoms with Gasteiger partial charge in [0.05, 0.1) is 33.0 Å². The molecule has 0 aliphatic carbocycles. The quantitative estimate of drug-likeness (QED) is 0.612. The molecule has 0 unspecified atom stereocenters. The van der Waals surface area contributed by atoms with Gasteiger partial charge in [0.1, 0.15) is 0 Å². The van der Waals surface area contributed by atoms with E-state index < -0.39 is 12.2 Å². The molecule has 0 saturated carbocycles. The SMILES string of the molecule is COc1ccc([C@@H](O)[C@@H]2CO[C@@H](c3ccc(OC)c(O)c3)[C@H]2CO)cc1O. The number of methoxy groups -OCH3 is 2. The number of benzene rings is 2. The second-order valence-corrected chi connectivity index (χ2v) is 6.57. The Morgan fingerprint density at radius 1 is 1.04 bits per heavy atom. The predicted molar refractivity (Wildman–Crippen MR) is 97.0 cm³/mol. The normalized spacial score (nSPS) is 23.2. The third-order valence-corrected chi connectivity index (χ3v) is 5.10. The number of rotatable bonds is 6. The smallest absolute Gasteiger partial charge is 0.160 e. The predicted octanol–water partition coefficient (Wildman–Crippen LogP) is 2.14. The maximum atomic E-state index is 10.8. The summed E-state index contributed by atoms with van der Waals surface area (Å²) in [5, 5.41) is 40.7. The molecule has 4 N–H and O–H groups in total. The van der Waals surface area contributed by atoms with Crippen LogP contribution in [0.3, 0.4) is 0 Å². The highest BCUT2D eigenvalue weighted by atomic mass is 16.5. The van der Waals surface area contributed by atoms with Crippen molar-refractivity contribution in [3.05, 3.63) is 47.5 Å². The number of hydrogen-bond donors (Lipinski definition) is 4. The van der Waals surface area contributed by atoms with Crippen molar-refractivity contribution in [1.29, 1.82) is 0 Å². The van der Waals surface area contributed by atoms with Gasteiger partial charge in [-0.1, -0.05) is 12.1 Å². The number of phenols is 2. The van der Waals surface area contributed by atoms with E-state index in [-0.39, 0.29) is 36.5 Å². The van der Waals surface area contributed by atoms with Crippen molar-refractivity contribution in [2.45, 2.75) is 12.2 Å². The second kappa shape index (κ2) is 8.04. The molecule has 1 saturated heterocycles. The van der Waals surface area contributed by atoms with E-state index in [2.05, 4.69) is 0 Å². The summed E-state index contributed by atoms with van der Waals surface area (Å²) in [6.45, 7) is 0.0396. The maximum absolute atomic E-state index is 10.8. The highest BCUT2D eigenvalue weighted by molar-refractivity contribution is 5.44. The standard InChI is InChI=1S/C20H24O7/c1-25-17-5-3-11(7-15(17)22)19(24)14-10-27-20(13(14)9-21)12-4-6-18(26-2)16(23)8-12/h3-8,13-14,19-24H,9-10H2,1-2H3/t13-,14+,19+,20-/m0/s1. The first-order valence-corrected chi connectivity index (χ1v) is 8.64. The van der Waals surface area contributed by atoms with Gasteiger partial charge in [0.15, 0.2) is 23.0 Å². The van der Waals surface area contributed by atoms with Crippen LogP contribution in [0.25, 0.3) is 0 Å². The molecule has 0 radical (unpaired) electrons. The summed E-state index contributed by atoms with van der Waals surface area (Å²) >= 11 is 0. The van der Waals surface area contributed by atoms with E-state index >= 15 is 0 Å². The maximum Gasteiger partial charge on any atom is 0.160 e. The molecule has 4 atom stereocenters. The Bertz CT molecular complexity index is 792. The van der Waals surface area contributed by atoms with Gasteiger partial charge in [-0.05, 0) is 35.4 Å². The lowest BCUT2D eigenvalue weighted by Gasteiger charge is -2.25. The first kappa shape index (κ1) is 19.3. The van der Waals surface area contributed by atoms with Crippen LogP contribution in [0.1, 0.15) is 23.3 Å². The molecule has 27 heavy (non-hydrogen) atoms. The number of aromatic hydroxyl groups is 2. The lowest BCUT2D eigenvalue weighted by atomic mass is 9.82. The van der Waals surface area contributed by atoms with E-state index in [9.17, 15) is 20.4 Å². The molecule has 1 aliphatic rings. The van der Waals surface area contributed by atoms with Gasteiger partial charge in [0.2, 0.25) is 0 Å². The minimum absolute atomic E-state index is 0.0145. The van der Waals surface area contributed by atoms with Crippen LogP contribution >= 0.6 is 0 Å². The molecule has 2 aromatic rings. The molecule has 1 aliphatic heterocycles. The van der Waals surface area contributed by atoms with Crippen LogP contribution in [0.2, 0.25) is 0 Å². The van der Waals surface area contributed by atoms with Crippen LogP contribution in [0.4, 0.5) is 0 Å². The summed E-state index contributed by atoms with van der Waals surface area (Å²) in [5.41, 5.74) is 1.21. The van der Waals surface area contributed by atoms with Gasteiger partial charge in [-0.2, -0.15) is 0 Å². The molecule has 1 heterocycles. The summed E-state index contributed by atoms with van der Waals surface area (Å²) in [4.78, 5) is 0. The fourth-order valence-corrected chi connectivity index (χ4v) is 3.61.